The average molecular weight is 318 g/mol. The average Bonchev–Trinajstić information content (AvgIpc) is 2.20. The standard InChI is InChI=1S/C10H12BrN3O2S/c11-7-5-6(12)1-2-8(7)17-4-3-9(15)14-10(13)16/h1-2,5H,3-4,12H2,(H3,13,14,15,16). The molecule has 0 aliphatic rings. The number of urea groups is 1. The van der Waals surface area contributed by atoms with Gasteiger partial charge in [0, 0.05) is 27.2 Å². The Morgan fingerprint density at radius 1 is 1.41 bits per heavy atom. The highest BCUT2D eigenvalue weighted by atomic mass is 79.9. The highest BCUT2D eigenvalue weighted by Crippen LogP contribution is 2.29. The molecule has 0 aromatic heterocycles. The molecule has 0 radical (unpaired) electrons. The van der Waals surface area contributed by atoms with Crippen molar-refractivity contribution in [3.8, 4) is 0 Å². The Kier molecular flexibility index (Phi) is 5.30. The topological polar surface area (TPSA) is 98.2 Å². The van der Waals surface area contributed by atoms with Gasteiger partial charge in [0.25, 0.3) is 0 Å². The number of imide groups is 1. The van der Waals surface area contributed by atoms with Crippen molar-refractivity contribution in [1.82, 2.24) is 5.32 Å². The number of halogens is 1. The number of primary amides is 1. The summed E-state index contributed by atoms with van der Waals surface area (Å²) in [5, 5.41) is 2.01. The minimum absolute atomic E-state index is 0.227. The number of carbonyl (C=O) groups excluding carboxylic acids is 2. The number of nitrogen functional groups attached to an aromatic ring is 1. The van der Waals surface area contributed by atoms with Gasteiger partial charge in [-0.05, 0) is 34.1 Å². The summed E-state index contributed by atoms with van der Waals surface area (Å²) in [4.78, 5) is 22.5. The normalized spacial score (nSPS) is 9.94. The summed E-state index contributed by atoms with van der Waals surface area (Å²) >= 11 is 4.87. The van der Waals surface area contributed by atoms with Crippen LogP contribution in [0, 0.1) is 0 Å². The molecule has 0 bridgehead atoms. The molecular formula is C10H12BrN3O2S. The lowest BCUT2D eigenvalue weighted by Crippen LogP contribution is -2.35. The van der Waals surface area contributed by atoms with Gasteiger partial charge >= 0.3 is 6.03 Å². The predicted octanol–water partition coefficient (Wildman–Crippen LogP) is 1.71. The maximum Gasteiger partial charge on any atom is 0.318 e. The van der Waals surface area contributed by atoms with Crippen molar-refractivity contribution in [2.24, 2.45) is 5.73 Å². The Hall–Kier alpha value is -1.21. The minimum atomic E-state index is -0.825. The van der Waals surface area contributed by atoms with Gasteiger partial charge in [0.2, 0.25) is 5.91 Å². The molecule has 1 aromatic carbocycles. The van der Waals surface area contributed by atoms with Gasteiger partial charge in [0.05, 0.1) is 0 Å². The number of hydrogen-bond donors (Lipinski definition) is 3. The number of hydrogen-bond acceptors (Lipinski definition) is 4. The third kappa shape index (κ3) is 5.10. The summed E-state index contributed by atoms with van der Waals surface area (Å²) < 4.78 is 0.887. The van der Waals surface area contributed by atoms with Crippen LogP contribution in [0.25, 0.3) is 0 Å². The van der Waals surface area contributed by atoms with E-state index in [9.17, 15) is 9.59 Å². The highest BCUT2D eigenvalue weighted by molar-refractivity contribution is 9.10. The molecule has 0 aliphatic carbocycles. The van der Waals surface area contributed by atoms with Crippen LogP contribution in [0.2, 0.25) is 0 Å². The number of benzene rings is 1. The number of nitrogens with one attached hydrogen (secondary N) is 1. The van der Waals surface area contributed by atoms with Crippen LogP contribution in [0.4, 0.5) is 10.5 Å². The Labute approximate surface area is 111 Å². The lowest BCUT2D eigenvalue weighted by molar-refractivity contribution is -0.119. The van der Waals surface area contributed by atoms with Crippen LogP contribution in [0.15, 0.2) is 27.6 Å². The fourth-order valence-corrected chi connectivity index (χ4v) is 2.70. The van der Waals surface area contributed by atoms with Crippen LogP contribution in [-0.4, -0.2) is 17.7 Å². The lowest BCUT2D eigenvalue weighted by atomic mass is 10.3. The fraction of sp³-hybridized carbons (Fsp3) is 0.200. The zero-order chi connectivity index (χ0) is 12.8. The number of carbonyl (C=O) groups is 2. The van der Waals surface area contributed by atoms with Gasteiger partial charge in [-0.25, -0.2) is 4.79 Å². The van der Waals surface area contributed by atoms with E-state index in [1.807, 2.05) is 11.4 Å². The number of anilines is 1. The summed E-state index contributed by atoms with van der Waals surface area (Å²) in [5.74, 6) is 0.179. The molecule has 0 aliphatic heterocycles. The molecule has 1 aromatic rings. The van der Waals surface area contributed by atoms with Crippen molar-refractivity contribution in [2.75, 3.05) is 11.5 Å². The first-order chi connectivity index (χ1) is 7.99. The van der Waals surface area contributed by atoms with Gasteiger partial charge in [-0.15, -0.1) is 11.8 Å². The molecule has 5 N–H and O–H groups in total. The monoisotopic (exact) mass is 317 g/mol. The molecule has 3 amide bonds. The Balaban J connectivity index is 2.41. The summed E-state index contributed by atoms with van der Waals surface area (Å²) in [6.07, 6.45) is 0.227. The second-order valence-electron chi connectivity index (χ2n) is 3.20. The molecule has 1 rings (SSSR count). The van der Waals surface area contributed by atoms with Crippen LogP contribution in [0.3, 0.4) is 0 Å². The van der Waals surface area contributed by atoms with Gasteiger partial charge in [-0.1, -0.05) is 0 Å². The van der Waals surface area contributed by atoms with Crippen molar-refractivity contribution in [2.45, 2.75) is 11.3 Å². The Bertz CT molecular complexity index is 440. The van der Waals surface area contributed by atoms with Gasteiger partial charge in [0.15, 0.2) is 0 Å². The van der Waals surface area contributed by atoms with Crippen molar-refractivity contribution in [3.63, 3.8) is 0 Å². The second-order valence-corrected chi connectivity index (χ2v) is 5.19. The van der Waals surface area contributed by atoms with E-state index in [0.29, 0.717) is 11.4 Å². The zero-order valence-electron chi connectivity index (χ0n) is 8.90. The van der Waals surface area contributed by atoms with Crippen molar-refractivity contribution < 1.29 is 9.59 Å². The molecular weight excluding hydrogens is 306 g/mol. The van der Waals surface area contributed by atoms with E-state index in [-0.39, 0.29) is 12.3 Å². The van der Waals surface area contributed by atoms with E-state index >= 15 is 0 Å². The molecule has 0 atom stereocenters. The predicted molar refractivity (Wildman–Crippen MR) is 71.6 cm³/mol. The first-order valence-corrected chi connectivity index (χ1v) is 6.54. The summed E-state index contributed by atoms with van der Waals surface area (Å²) in [6, 6.07) is 4.63. The van der Waals surface area contributed by atoms with Gasteiger partial charge in [-0.3, -0.25) is 10.1 Å². The van der Waals surface area contributed by atoms with Crippen molar-refractivity contribution >= 4 is 45.3 Å². The third-order valence-electron chi connectivity index (χ3n) is 1.81. The van der Waals surface area contributed by atoms with Gasteiger partial charge in [-0.2, -0.15) is 0 Å². The SMILES string of the molecule is NC(=O)NC(=O)CCSc1ccc(N)cc1Br. The quantitative estimate of drug-likeness (QED) is 0.581. The summed E-state index contributed by atoms with van der Waals surface area (Å²) in [5.41, 5.74) is 11.1. The van der Waals surface area contributed by atoms with Crippen molar-refractivity contribution in [3.05, 3.63) is 22.7 Å². The molecule has 0 unspecified atom stereocenters. The molecule has 7 heteroatoms. The first-order valence-electron chi connectivity index (χ1n) is 4.76. The third-order valence-corrected chi connectivity index (χ3v) is 3.80. The molecule has 0 fully saturated rings. The smallest absolute Gasteiger partial charge is 0.318 e. The first kappa shape index (κ1) is 13.9. The Morgan fingerprint density at radius 2 is 2.12 bits per heavy atom. The van der Waals surface area contributed by atoms with Crippen LogP contribution in [0.5, 0.6) is 0 Å². The molecule has 17 heavy (non-hydrogen) atoms. The van der Waals surface area contributed by atoms with E-state index in [0.717, 1.165) is 9.37 Å². The maximum atomic E-state index is 11.1. The van der Waals surface area contributed by atoms with E-state index in [4.69, 9.17) is 11.5 Å². The highest BCUT2D eigenvalue weighted by Gasteiger charge is 2.06. The van der Waals surface area contributed by atoms with Crippen LogP contribution in [0.1, 0.15) is 6.42 Å². The molecule has 0 spiro atoms. The van der Waals surface area contributed by atoms with E-state index < -0.39 is 6.03 Å². The number of nitrogens with two attached hydrogens (primary N) is 2. The molecule has 92 valence electrons. The minimum Gasteiger partial charge on any atom is -0.399 e. The largest absolute Gasteiger partial charge is 0.399 e. The molecule has 0 heterocycles. The van der Waals surface area contributed by atoms with Crippen molar-refractivity contribution in [1.29, 1.82) is 0 Å². The lowest BCUT2D eigenvalue weighted by Gasteiger charge is -2.05. The van der Waals surface area contributed by atoms with Crippen LogP contribution >= 0.6 is 27.7 Å². The van der Waals surface area contributed by atoms with Crippen LogP contribution < -0.4 is 16.8 Å². The second kappa shape index (κ2) is 6.51. The molecule has 5 nitrogen and oxygen atoms in total. The summed E-state index contributed by atoms with van der Waals surface area (Å²) in [7, 11) is 0. The zero-order valence-corrected chi connectivity index (χ0v) is 11.3. The number of thioether (sulfide) groups is 1. The molecule has 0 saturated carbocycles. The fourth-order valence-electron chi connectivity index (χ4n) is 1.09. The van der Waals surface area contributed by atoms with Gasteiger partial charge < -0.3 is 11.5 Å². The Morgan fingerprint density at radius 3 is 2.71 bits per heavy atom. The van der Waals surface area contributed by atoms with E-state index in [1.54, 1.807) is 12.1 Å². The van der Waals surface area contributed by atoms with E-state index in [1.165, 1.54) is 11.8 Å². The maximum absolute atomic E-state index is 11.1. The molecule has 0 saturated heterocycles. The summed E-state index contributed by atoms with van der Waals surface area (Å²) in [6.45, 7) is 0. The number of amides is 3. The van der Waals surface area contributed by atoms with Crippen LogP contribution in [-0.2, 0) is 4.79 Å². The number of rotatable bonds is 4. The van der Waals surface area contributed by atoms with E-state index in [2.05, 4.69) is 15.9 Å². The van der Waals surface area contributed by atoms with Gasteiger partial charge in [0.1, 0.15) is 0 Å².